The Morgan fingerprint density at radius 2 is 2.18 bits per heavy atom. The Balaban J connectivity index is 1.59. The molecule has 1 aromatic heterocycles. The fraction of sp³-hybridized carbons (Fsp3) is 0.667. The van der Waals surface area contributed by atoms with Gasteiger partial charge in [-0.05, 0) is 25.2 Å². The molecule has 92 valence electrons. The third kappa shape index (κ3) is 2.28. The second-order valence-corrected chi connectivity index (χ2v) is 5.16. The van der Waals surface area contributed by atoms with Gasteiger partial charge in [-0.25, -0.2) is 0 Å². The lowest BCUT2D eigenvalue weighted by atomic mass is 10.2. The van der Waals surface area contributed by atoms with Crippen LogP contribution >= 0.6 is 0 Å². The normalized spacial score (nSPS) is 19.3. The summed E-state index contributed by atoms with van der Waals surface area (Å²) in [6.45, 7) is 0.731. The van der Waals surface area contributed by atoms with Crippen molar-refractivity contribution in [2.75, 3.05) is 12.3 Å². The monoisotopic (exact) mass is 234 g/mol. The average molecular weight is 234 g/mol. The number of amides is 1. The van der Waals surface area contributed by atoms with Gasteiger partial charge in [0.15, 0.2) is 5.69 Å². The highest BCUT2D eigenvalue weighted by atomic mass is 16.1. The van der Waals surface area contributed by atoms with E-state index in [1.165, 1.54) is 12.8 Å². The number of nitrogens with two attached hydrogens (primary N) is 1. The summed E-state index contributed by atoms with van der Waals surface area (Å²) in [5, 5.41) is 9.80. The molecule has 0 aromatic carbocycles. The number of hydrogen-bond donors (Lipinski definition) is 3. The molecule has 17 heavy (non-hydrogen) atoms. The Morgan fingerprint density at radius 3 is 2.82 bits per heavy atom. The van der Waals surface area contributed by atoms with Crippen molar-refractivity contribution < 1.29 is 4.79 Å². The highest BCUT2D eigenvalue weighted by Crippen LogP contribution is 2.42. The van der Waals surface area contributed by atoms with Gasteiger partial charge in [0.2, 0.25) is 0 Å². The number of nitrogens with zero attached hydrogens (tertiary/aromatic N) is 1. The summed E-state index contributed by atoms with van der Waals surface area (Å²) in [5.74, 6) is 1.18. The van der Waals surface area contributed by atoms with Gasteiger partial charge in [-0.15, -0.1) is 0 Å². The van der Waals surface area contributed by atoms with Crippen molar-refractivity contribution in [2.24, 2.45) is 5.92 Å². The second-order valence-electron chi connectivity index (χ2n) is 5.16. The first-order chi connectivity index (χ1) is 8.25. The molecule has 0 atom stereocenters. The van der Waals surface area contributed by atoms with Crippen molar-refractivity contribution in [1.29, 1.82) is 0 Å². The van der Waals surface area contributed by atoms with E-state index in [4.69, 9.17) is 5.73 Å². The lowest BCUT2D eigenvalue weighted by Crippen LogP contribution is -2.25. The van der Waals surface area contributed by atoms with Gasteiger partial charge >= 0.3 is 0 Å². The minimum absolute atomic E-state index is 0.147. The number of anilines is 1. The number of nitrogens with one attached hydrogen (secondary N) is 2. The summed E-state index contributed by atoms with van der Waals surface area (Å²) < 4.78 is 0. The summed E-state index contributed by atoms with van der Waals surface area (Å²) in [6.07, 6.45) is 5.99. The van der Waals surface area contributed by atoms with E-state index >= 15 is 0 Å². The molecule has 5 nitrogen and oxygen atoms in total. The molecule has 3 rings (SSSR count). The highest BCUT2D eigenvalue weighted by molar-refractivity contribution is 5.97. The van der Waals surface area contributed by atoms with Crippen molar-refractivity contribution in [2.45, 2.75) is 38.0 Å². The first-order valence-corrected chi connectivity index (χ1v) is 6.37. The third-order valence-electron chi connectivity index (χ3n) is 3.57. The maximum atomic E-state index is 11.9. The van der Waals surface area contributed by atoms with Gasteiger partial charge in [0, 0.05) is 12.5 Å². The van der Waals surface area contributed by atoms with Crippen molar-refractivity contribution in [3.63, 3.8) is 0 Å². The van der Waals surface area contributed by atoms with Crippen molar-refractivity contribution in [3.8, 4) is 0 Å². The first kappa shape index (κ1) is 10.6. The molecular weight excluding hydrogens is 216 g/mol. The van der Waals surface area contributed by atoms with Gasteiger partial charge in [0.1, 0.15) is 0 Å². The molecule has 0 bridgehead atoms. The van der Waals surface area contributed by atoms with Gasteiger partial charge < -0.3 is 11.1 Å². The molecule has 1 amide bonds. The smallest absolute Gasteiger partial charge is 0.273 e. The number of carbonyl (C=O) groups excluding carboxylic acids is 1. The predicted molar refractivity (Wildman–Crippen MR) is 64.6 cm³/mol. The van der Waals surface area contributed by atoms with Crippen LogP contribution in [0.4, 0.5) is 5.69 Å². The molecule has 0 spiro atoms. The Kier molecular flexibility index (Phi) is 2.53. The first-order valence-electron chi connectivity index (χ1n) is 6.37. The van der Waals surface area contributed by atoms with E-state index in [1.54, 1.807) is 0 Å². The SMILES string of the molecule is Nc1c(C(=O)NCCC2CC2)n[nH]c1C1CC1. The third-order valence-corrected chi connectivity index (χ3v) is 3.57. The number of nitrogen functional groups attached to an aromatic ring is 1. The summed E-state index contributed by atoms with van der Waals surface area (Å²) in [7, 11) is 0. The topological polar surface area (TPSA) is 83.8 Å². The van der Waals surface area contributed by atoms with Crippen LogP contribution in [-0.2, 0) is 0 Å². The molecule has 4 N–H and O–H groups in total. The summed E-state index contributed by atoms with van der Waals surface area (Å²) >= 11 is 0. The number of hydrogen-bond acceptors (Lipinski definition) is 3. The number of aromatic nitrogens is 2. The summed E-state index contributed by atoms with van der Waals surface area (Å²) in [6, 6.07) is 0. The molecular formula is C12H18N4O. The molecule has 0 radical (unpaired) electrons. The molecule has 2 fully saturated rings. The fourth-order valence-electron chi connectivity index (χ4n) is 2.10. The van der Waals surface area contributed by atoms with E-state index in [1.807, 2.05) is 0 Å². The van der Waals surface area contributed by atoms with Crippen molar-refractivity contribution in [3.05, 3.63) is 11.4 Å². The zero-order valence-corrected chi connectivity index (χ0v) is 9.83. The molecule has 5 heteroatoms. The van der Waals surface area contributed by atoms with E-state index in [9.17, 15) is 4.79 Å². The number of carbonyl (C=O) groups is 1. The van der Waals surface area contributed by atoms with Crippen LogP contribution in [0, 0.1) is 5.92 Å². The molecule has 0 unspecified atom stereocenters. The average Bonchev–Trinajstić information content (AvgIpc) is 3.19. The molecule has 1 aromatic rings. The van der Waals surface area contributed by atoms with Crippen molar-refractivity contribution in [1.82, 2.24) is 15.5 Å². The largest absolute Gasteiger partial charge is 0.395 e. The zero-order chi connectivity index (χ0) is 11.8. The Bertz CT molecular complexity index is 432. The van der Waals surface area contributed by atoms with Crippen LogP contribution in [0.3, 0.4) is 0 Å². The lowest BCUT2D eigenvalue weighted by Gasteiger charge is -2.02. The van der Waals surface area contributed by atoms with E-state index < -0.39 is 0 Å². The number of H-pyrrole nitrogens is 1. The van der Waals surface area contributed by atoms with Gasteiger partial charge in [-0.3, -0.25) is 9.89 Å². The zero-order valence-electron chi connectivity index (χ0n) is 9.83. The Labute approximate surface area is 100 Å². The van der Waals surface area contributed by atoms with Crippen LogP contribution in [0.2, 0.25) is 0 Å². The van der Waals surface area contributed by atoms with Crippen LogP contribution in [0.15, 0.2) is 0 Å². The van der Waals surface area contributed by atoms with E-state index in [-0.39, 0.29) is 5.91 Å². The minimum atomic E-state index is -0.147. The Morgan fingerprint density at radius 1 is 1.41 bits per heavy atom. The van der Waals surface area contributed by atoms with Gasteiger partial charge in [0.25, 0.3) is 5.91 Å². The van der Waals surface area contributed by atoms with E-state index in [0.717, 1.165) is 37.4 Å². The summed E-state index contributed by atoms with van der Waals surface area (Å²) in [4.78, 5) is 11.9. The molecule has 2 aliphatic rings. The molecule has 0 saturated heterocycles. The van der Waals surface area contributed by atoms with Gasteiger partial charge in [-0.2, -0.15) is 5.10 Å². The van der Waals surface area contributed by atoms with Crippen molar-refractivity contribution >= 4 is 11.6 Å². The number of rotatable bonds is 5. The maximum absolute atomic E-state index is 11.9. The van der Waals surface area contributed by atoms with Crippen LogP contribution in [-0.4, -0.2) is 22.6 Å². The van der Waals surface area contributed by atoms with Gasteiger partial charge in [0.05, 0.1) is 11.4 Å². The predicted octanol–water partition coefficient (Wildman–Crippen LogP) is 1.40. The second kappa shape index (κ2) is 4.05. The molecule has 0 aliphatic heterocycles. The minimum Gasteiger partial charge on any atom is -0.395 e. The molecule has 1 heterocycles. The fourth-order valence-corrected chi connectivity index (χ4v) is 2.10. The van der Waals surface area contributed by atoms with Crippen LogP contribution in [0.5, 0.6) is 0 Å². The number of aromatic amines is 1. The standard InChI is InChI=1S/C12H18N4O/c13-9-10(8-3-4-8)15-16-11(9)12(17)14-6-5-7-1-2-7/h7-8H,1-6,13H2,(H,14,17)(H,15,16). The lowest BCUT2D eigenvalue weighted by molar-refractivity contribution is 0.0948. The summed E-state index contributed by atoms with van der Waals surface area (Å²) in [5.41, 5.74) is 7.78. The van der Waals surface area contributed by atoms with E-state index in [2.05, 4.69) is 15.5 Å². The highest BCUT2D eigenvalue weighted by Gasteiger charge is 2.30. The van der Waals surface area contributed by atoms with Crippen LogP contribution < -0.4 is 11.1 Å². The quantitative estimate of drug-likeness (QED) is 0.720. The maximum Gasteiger partial charge on any atom is 0.273 e. The van der Waals surface area contributed by atoms with Gasteiger partial charge in [-0.1, -0.05) is 12.8 Å². The Hall–Kier alpha value is -1.52. The van der Waals surface area contributed by atoms with Crippen LogP contribution in [0.25, 0.3) is 0 Å². The molecule has 2 saturated carbocycles. The van der Waals surface area contributed by atoms with Crippen LogP contribution in [0.1, 0.15) is 54.2 Å². The molecule has 2 aliphatic carbocycles. The van der Waals surface area contributed by atoms with E-state index in [0.29, 0.717) is 17.3 Å².